The quantitative estimate of drug-likeness (QED) is 0.798. The summed E-state index contributed by atoms with van der Waals surface area (Å²) >= 11 is 1.24. The van der Waals surface area contributed by atoms with Crippen molar-refractivity contribution in [3.05, 3.63) is 69.1 Å². The summed E-state index contributed by atoms with van der Waals surface area (Å²) in [6.07, 6.45) is 0. The van der Waals surface area contributed by atoms with Gasteiger partial charge < -0.3 is 5.11 Å². The average molecular weight is 381 g/mol. The second-order valence-corrected chi connectivity index (χ2v) is 7.94. The van der Waals surface area contributed by atoms with Gasteiger partial charge in [0.25, 0.3) is 11.8 Å². The number of rotatable bonds is 5. The Morgan fingerprint density at radius 1 is 0.889 bits per heavy atom. The van der Waals surface area contributed by atoms with Crippen LogP contribution in [-0.2, 0) is 9.59 Å². The molecule has 1 heterocycles. The lowest BCUT2D eigenvalue weighted by Crippen LogP contribution is -2.32. The van der Waals surface area contributed by atoms with Crippen molar-refractivity contribution in [1.82, 2.24) is 0 Å². The summed E-state index contributed by atoms with van der Waals surface area (Å²) in [6.45, 7) is 7.72. The van der Waals surface area contributed by atoms with E-state index in [9.17, 15) is 14.7 Å². The van der Waals surface area contributed by atoms with Crippen LogP contribution in [0.2, 0.25) is 0 Å². The van der Waals surface area contributed by atoms with E-state index < -0.39 is 0 Å². The molecule has 1 aliphatic rings. The normalized spacial score (nSPS) is 14.5. The number of hydrogen-bond acceptors (Lipinski definition) is 4. The maximum Gasteiger partial charge on any atom is 0.272 e. The molecule has 0 aliphatic carbocycles. The molecule has 27 heavy (non-hydrogen) atoms. The lowest BCUT2D eigenvalue weighted by atomic mass is 9.98. The minimum Gasteiger partial charge on any atom is -0.396 e. The largest absolute Gasteiger partial charge is 0.396 e. The van der Waals surface area contributed by atoms with E-state index in [0.29, 0.717) is 21.9 Å². The van der Waals surface area contributed by atoms with Gasteiger partial charge in [0, 0.05) is 5.75 Å². The van der Waals surface area contributed by atoms with E-state index in [1.54, 1.807) is 0 Å². The van der Waals surface area contributed by atoms with Crippen molar-refractivity contribution in [3.8, 4) is 0 Å². The maximum absolute atomic E-state index is 13.4. The lowest BCUT2D eigenvalue weighted by Gasteiger charge is -2.18. The predicted molar refractivity (Wildman–Crippen MR) is 111 cm³/mol. The summed E-state index contributed by atoms with van der Waals surface area (Å²) in [4.78, 5) is 28.2. The Kier molecular flexibility index (Phi) is 5.53. The van der Waals surface area contributed by atoms with Gasteiger partial charge in [0.1, 0.15) is 0 Å². The number of hydrogen-bond donors (Lipinski definition) is 1. The fourth-order valence-corrected chi connectivity index (χ4v) is 4.15. The van der Waals surface area contributed by atoms with E-state index in [0.717, 1.165) is 27.8 Å². The van der Waals surface area contributed by atoms with Crippen molar-refractivity contribution in [2.75, 3.05) is 17.3 Å². The summed E-state index contributed by atoms with van der Waals surface area (Å²) in [6, 6.07) is 11.6. The summed E-state index contributed by atoms with van der Waals surface area (Å²) in [5, 5.41) is 9.24. The highest BCUT2D eigenvalue weighted by atomic mass is 32.2. The standard InChI is InChI=1S/C22H23NO3S/c1-13-6-8-17(16(4)11-13)19-20(27-10-9-24)22(26)23(21(19)25)18-12-14(2)5-7-15(18)3/h5-8,11-12,24H,9-10H2,1-4H3. The van der Waals surface area contributed by atoms with Crippen molar-refractivity contribution in [3.63, 3.8) is 0 Å². The molecule has 2 amide bonds. The number of thioether (sulfide) groups is 1. The van der Waals surface area contributed by atoms with E-state index in [4.69, 9.17) is 0 Å². The first kappa shape index (κ1) is 19.4. The SMILES string of the molecule is Cc1ccc(C2=C(SCCO)C(=O)N(c3cc(C)ccc3C)C2=O)c(C)c1. The Bertz CT molecular complexity index is 962. The summed E-state index contributed by atoms with van der Waals surface area (Å²) < 4.78 is 0. The third kappa shape index (κ3) is 3.57. The van der Waals surface area contributed by atoms with Crippen LogP contribution < -0.4 is 4.90 Å². The van der Waals surface area contributed by atoms with Crippen LogP contribution in [0.15, 0.2) is 41.3 Å². The number of aliphatic hydroxyl groups is 1. The van der Waals surface area contributed by atoms with Gasteiger partial charge in [-0.25, -0.2) is 4.90 Å². The molecule has 2 aromatic carbocycles. The minimum absolute atomic E-state index is 0.0563. The molecule has 0 bridgehead atoms. The smallest absolute Gasteiger partial charge is 0.272 e. The zero-order chi connectivity index (χ0) is 19.7. The van der Waals surface area contributed by atoms with Gasteiger partial charge in [-0.1, -0.05) is 35.9 Å². The van der Waals surface area contributed by atoms with E-state index >= 15 is 0 Å². The summed E-state index contributed by atoms with van der Waals surface area (Å²) in [5.41, 5.74) is 5.73. The number of carbonyl (C=O) groups excluding carboxylic acids is 2. The van der Waals surface area contributed by atoms with Gasteiger partial charge in [-0.2, -0.15) is 0 Å². The van der Waals surface area contributed by atoms with Crippen LogP contribution >= 0.6 is 11.8 Å². The number of anilines is 1. The van der Waals surface area contributed by atoms with Crippen LogP contribution in [0.3, 0.4) is 0 Å². The van der Waals surface area contributed by atoms with E-state index in [2.05, 4.69) is 0 Å². The first-order chi connectivity index (χ1) is 12.8. The molecule has 140 valence electrons. The lowest BCUT2D eigenvalue weighted by molar-refractivity contribution is -0.119. The second-order valence-electron chi connectivity index (χ2n) is 6.83. The van der Waals surface area contributed by atoms with Gasteiger partial charge in [-0.05, 0) is 56.0 Å². The van der Waals surface area contributed by atoms with Crippen molar-refractivity contribution < 1.29 is 14.7 Å². The molecule has 0 spiro atoms. The molecule has 1 aliphatic heterocycles. The predicted octanol–water partition coefficient (Wildman–Crippen LogP) is 3.93. The van der Waals surface area contributed by atoms with Gasteiger partial charge in [0.15, 0.2) is 0 Å². The van der Waals surface area contributed by atoms with E-state index in [-0.39, 0.29) is 18.4 Å². The van der Waals surface area contributed by atoms with Crippen molar-refractivity contribution in [2.45, 2.75) is 27.7 Å². The molecule has 2 aromatic rings. The molecule has 0 fully saturated rings. The van der Waals surface area contributed by atoms with Gasteiger partial charge in [-0.15, -0.1) is 11.8 Å². The van der Waals surface area contributed by atoms with Crippen LogP contribution in [0.1, 0.15) is 27.8 Å². The zero-order valence-electron chi connectivity index (χ0n) is 16.0. The highest BCUT2D eigenvalue weighted by Crippen LogP contribution is 2.40. The Morgan fingerprint density at radius 3 is 2.22 bits per heavy atom. The molecule has 0 aromatic heterocycles. The third-order valence-electron chi connectivity index (χ3n) is 4.64. The Labute approximate surface area is 163 Å². The average Bonchev–Trinajstić information content (AvgIpc) is 2.85. The van der Waals surface area contributed by atoms with Crippen LogP contribution in [0.4, 0.5) is 5.69 Å². The molecule has 0 saturated carbocycles. The molecule has 5 heteroatoms. The topological polar surface area (TPSA) is 57.6 Å². The van der Waals surface area contributed by atoms with Gasteiger partial charge in [0.05, 0.1) is 22.8 Å². The van der Waals surface area contributed by atoms with Gasteiger partial charge in [-0.3, -0.25) is 9.59 Å². The summed E-state index contributed by atoms with van der Waals surface area (Å²) in [7, 11) is 0. The van der Waals surface area contributed by atoms with E-state index in [1.807, 2.05) is 64.1 Å². The number of aliphatic hydroxyl groups excluding tert-OH is 1. The highest BCUT2D eigenvalue weighted by molar-refractivity contribution is 8.04. The molecule has 4 nitrogen and oxygen atoms in total. The Hall–Kier alpha value is -2.37. The fourth-order valence-electron chi connectivity index (χ4n) is 3.30. The van der Waals surface area contributed by atoms with Crippen LogP contribution in [0.5, 0.6) is 0 Å². The number of benzene rings is 2. The number of imide groups is 1. The summed E-state index contributed by atoms with van der Waals surface area (Å²) in [5.74, 6) is -0.258. The van der Waals surface area contributed by atoms with Gasteiger partial charge in [0.2, 0.25) is 0 Å². The molecular weight excluding hydrogens is 358 g/mol. The Morgan fingerprint density at radius 2 is 1.56 bits per heavy atom. The van der Waals surface area contributed by atoms with Crippen molar-refractivity contribution in [1.29, 1.82) is 0 Å². The molecule has 0 saturated heterocycles. The molecule has 3 rings (SSSR count). The monoisotopic (exact) mass is 381 g/mol. The van der Waals surface area contributed by atoms with Crippen molar-refractivity contribution in [2.24, 2.45) is 0 Å². The third-order valence-corrected chi connectivity index (χ3v) is 5.69. The van der Waals surface area contributed by atoms with Crippen LogP contribution in [-0.4, -0.2) is 29.3 Å². The Balaban J connectivity index is 2.16. The molecular formula is C22H23NO3S. The minimum atomic E-state index is -0.317. The molecule has 0 radical (unpaired) electrons. The number of amides is 2. The van der Waals surface area contributed by atoms with Gasteiger partial charge >= 0.3 is 0 Å². The number of carbonyl (C=O) groups is 2. The molecule has 0 unspecified atom stereocenters. The zero-order valence-corrected chi connectivity index (χ0v) is 16.8. The van der Waals surface area contributed by atoms with Crippen LogP contribution in [0, 0.1) is 27.7 Å². The van der Waals surface area contributed by atoms with Crippen molar-refractivity contribution >= 4 is 34.8 Å². The molecule has 1 N–H and O–H groups in total. The first-order valence-electron chi connectivity index (χ1n) is 8.86. The number of nitrogens with zero attached hydrogens (tertiary/aromatic N) is 1. The number of aryl methyl sites for hydroxylation is 4. The molecule has 0 atom stereocenters. The highest BCUT2D eigenvalue weighted by Gasteiger charge is 2.41. The maximum atomic E-state index is 13.4. The first-order valence-corrected chi connectivity index (χ1v) is 9.85. The van der Waals surface area contributed by atoms with E-state index in [1.165, 1.54) is 16.7 Å². The second kappa shape index (κ2) is 7.71. The fraction of sp³-hybridized carbons (Fsp3) is 0.273. The van der Waals surface area contributed by atoms with Crippen LogP contribution in [0.25, 0.3) is 5.57 Å².